The molecule has 1 heterocycles. The Balaban J connectivity index is 1.66. The van der Waals surface area contributed by atoms with Crippen LogP contribution in [0.5, 0.6) is 0 Å². The van der Waals surface area contributed by atoms with E-state index >= 15 is 0 Å². The van der Waals surface area contributed by atoms with Gasteiger partial charge in [0, 0.05) is 5.92 Å². The van der Waals surface area contributed by atoms with E-state index in [0.29, 0.717) is 0 Å². The summed E-state index contributed by atoms with van der Waals surface area (Å²) < 4.78 is 1.80. The number of para-hydroxylation sites is 1. The molecule has 1 aliphatic carbocycles. The average molecular weight is 365 g/mol. The summed E-state index contributed by atoms with van der Waals surface area (Å²) in [7, 11) is 0. The second kappa shape index (κ2) is 6.89. The highest BCUT2D eigenvalue weighted by Gasteiger charge is 2.36. The molecule has 0 N–H and O–H groups in total. The molecule has 1 aliphatic rings. The summed E-state index contributed by atoms with van der Waals surface area (Å²) in [4.78, 5) is 13.3. The molecule has 0 spiro atoms. The lowest BCUT2D eigenvalue weighted by Gasteiger charge is -2.31. The number of fused-ring (bicyclic) bond motifs is 1. The van der Waals surface area contributed by atoms with Gasteiger partial charge in [0.05, 0.1) is 5.52 Å². The molecule has 0 aliphatic heterocycles. The monoisotopic (exact) mass is 365 g/mol. The van der Waals surface area contributed by atoms with Gasteiger partial charge < -0.3 is 0 Å². The first kappa shape index (κ1) is 16.6. The van der Waals surface area contributed by atoms with Crippen LogP contribution in [0.15, 0.2) is 91.0 Å². The average Bonchev–Trinajstić information content (AvgIpc) is 3.18. The van der Waals surface area contributed by atoms with Crippen LogP contribution in [0.2, 0.25) is 0 Å². The maximum atomic E-state index is 13.3. The summed E-state index contributed by atoms with van der Waals surface area (Å²) >= 11 is 0. The lowest BCUT2D eigenvalue weighted by molar-refractivity contribution is -0.118. The highest BCUT2D eigenvalue weighted by atomic mass is 16.1. The van der Waals surface area contributed by atoms with Gasteiger partial charge in [0.15, 0.2) is 5.78 Å². The van der Waals surface area contributed by atoms with E-state index in [9.17, 15) is 4.79 Å². The summed E-state index contributed by atoms with van der Waals surface area (Å²) in [6, 6.07) is 27.8. The van der Waals surface area contributed by atoms with E-state index in [1.54, 1.807) is 10.8 Å². The van der Waals surface area contributed by atoms with Gasteiger partial charge in [-0.1, -0.05) is 78.0 Å². The Bertz CT molecular complexity index is 1160. The number of carbonyl (C=O) groups is 1. The number of nitrogens with zero attached hydrogens (tertiary/aromatic N) is 3. The molecule has 4 aromatic rings. The molecule has 0 radical (unpaired) electrons. The maximum Gasteiger partial charge on any atom is 0.181 e. The van der Waals surface area contributed by atoms with Gasteiger partial charge in [-0.15, -0.1) is 5.10 Å². The molecule has 4 heteroatoms. The fourth-order valence-electron chi connectivity index (χ4n) is 4.10. The molecular formula is C24H19N3O. The van der Waals surface area contributed by atoms with Gasteiger partial charge in [-0.25, -0.2) is 4.68 Å². The van der Waals surface area contributed by atoms with Crippen molar-refractivity contribution in [2.24, 2.45) is 0 Å². The Hall–Kier alpha value is -3.53. The molecule has 28 heavy (non-hydrogen) atoms. The molecule has 2 atom stereocenters. The second-order valence-corrected chi connectivity index (χ2v) is 7.13. The Labute approximate surface area is 163 Å². The third-order valence-electron chi connectivity index (χ3n) is 5.44. The standard InChI is InChI=1S/C24H19N3O/c28-23-16-19(17-9-3-1-4-10-17)15-20(18-11-5-2-6-12-18)24(23)27-22-14-8-7-13-21(22)25-26-27/h1-14,16,20,24H,15H2/t20-,24+/m1/s1. The number of allylic oxidation sites excluding steroid dienone is 2. The molecule has 0 fully saturated rings. The SMILES string of the molecule is O=C1C=C(c2ccccc2)C[C@H](c2ccccc2)[C@@H]1n1nnc2ccccc21. The number of rotatable bonds is 3. The molecule has 0 unspecified atom stereocenters. The van der Waals surface area contributed by atoms with Crippen LogP contribution in [0.1, 0.15) is 29.5 Å². The fourth-order valence-corrected chi connectivity index (χ4v) is 4.10. The topological polar surface area (TPSA) is 47.8 Å². The van der Waals surface area contributed by atoms with Crippen molar-refractivity contribution < 1.29 is 4.79 Å². The molecule has 0 saturated heterocycles. The fraction of sp³-hybridized carbons (Fsp3) is 0.125. The van der Waals surface area contributed by atoms with Gasteiger partial charge in [0.2, 0.25) is 0 Å². The van der Waals surface area contributed by atoms with Crippen molar-refractivity contribution >= 4 is 22.4 Å². The molecule has 1 aromatic heterocycles. The number of hydrogen-bond acceptors (Lipinski definition) is 3. The van der Waals surface area contributed by atoms with Crippen LogP contribution in [0.4, 0.5) is 0 Å². The van der Waals surface area contributed by atoms with E-state index in [2.05, 4.69) is 34.6 Å². The Kier molecular flexibility index (Phi) is 4.09. The van der Waals surface area contributed by atoms with Crippen molar-refractivity contribution in [2.45, 2.75) is 18.4 Å². The largest absolute Gasteiger partial charge is 0.292 e. The zero-order valence-corrected chi connectivity index (χ0v) is 15.3. The lowest BCUT2D eigenvalue weighted by Crippen LogP contribution is -2.29. The van der Waals surface area contributed by atoms with E-state index in [-0.39, 0.29) is 11.7 Å². The van der Waals surface area contributed by atoms with Crippen molar-refractivity contribution in [3.05, 3.63) is 102 Å². The van der Waals surface area contributed by atoms with Gasteiger partial charge in [0.1, 0.15) is 11.6 Å². The first-order chi connectivity index (χ1) is 13.8. The van der Waals surface area contributed by atoms with Crippen LogP contribution < -0.4 is 0 Å². The number of benzene rings is 3. The minimum absolute atomic E-state index is 0.000915. The van der Waals surface area contributed by atoms with E-state index in [4.69, 9.17) is 0 Å². The quantitative estimate of drug-likeness (QED) is 0.523. The van der Waals surface area contributed by atoms with E-state index in [0.717, 1.165) is 34.2 Å². The molecule has 0 saturated carbocycles. The van der Waals surface area contributed by atoms with Gasteiger partial charge in [-0.2, -0.15) is 0 Å². The minimum atomic E-state index is -0.401. The normalized spacial score (nSPS) is 19.6. The maximum absolute atomic E-state index is 13.3. The summed E-state index contributed by atoms with van der Waals surface area (Å²) in [6.45, 7) is 0. The number of carbonyl (C=O) groups excluding carboxylic acids is 1. The van der Waals surface area contributed by atoms with Crippen molar-refractivity contribution in [3.8, 4) is 0 Å². The van der Waals surface area contributed by atoms with Crippen LogP contribution in [0.3, 0.4) is 0 Å². The Morgan fingerprint density at radius 2 is 1.50 bits per heavy atom. The molecule has 3 aromatic carbocycles. The third kappa shape index (κ3) is 2.83. The highest BCUT2D eigenvalue weighted by molar-refractivity contribution is 6.02. The third-order valence-corrected chi connectivity index (χ3v) is 5.44. The van der Waals surface area contributed by atoms with Crippen LogP contribution in [-0.4, -0.2) is 20.8 Å². The molecule has 4 nitrogen and oxygen atoms in total. The van der Waals surface area contributed by atoms with Gasteiger partial charge >= 0.3 is 0 Å². The molecule has 0 amide bonds. The van der Waals surface area contributed by atoms with Gasteiger partial charge in [-0.3, -0.25) is 4.79 Å². The Morgan fingerprint density at radius 1 is 0.821 bits per heavy atom. The van der Waals surface area contributed by atoms with Crippen molar-refractivity contribution in [1.29, 1.82) is 0 Å². The molecular weight excluding hydrogens is 346 g/mol. The predicted molar refractivity (Wildman–Crippen MR) is 110 cm³/mol. The van der Waals surface area contributed by atoms with Crippen LogP contribution in [-0.2, 0) is 4.79 Å². The number of aromatic nitrogens is 3. The number of ketones is 1. The van der Waals surface area contributed by atoms with E-state index in [1.807, 2.05) is 60.7 Å². The Morgan fingerprint density at radius 3 is 2.29 bits per heavy atom. The first-order valence-electron chi connectivity index (χ1n) is 9.46. The molecule has 136 valence electrons. The summed E-state index contributed by atoms with van der Waals surface area (Å²) in [5.74, 6) is 0.0635. The number of hydrogen-bond donors (Lipinski definition) is 0. The van der Waals surface area contributed by atoms with Crippen LogP contribution in [0.25, 0.3) is 16.6 Å². The second-order valence-electron chi connectivity index (χ2n) is 7.13. The van der Waals surface area contributed by atoms with Crippen molar-refractivity contribution in [2.75, 3.05) is 0 Å². The van der Waals surface area contributed by atoms with Crippen LogP contribution in [0, 0.1) is 0 Å². The summed E-state index contributed by atoms with van der Waals surface area (Å²) in [6.07, 6.45) is 2.56. The van der Waals surface area contributed by atoms with E-state index < -0.39 is 6.04 Å². The van der Waals surface area contributed by atoms with Crippen LogP contribution >= 0.6 is 0 Å². The zero-order chi connectivity index (χ0) is 18.9. The van der Waals surface area contributed by atoms with Gasteiger partial charge in [-0.05, 0) is 41.3 Å². The lowest BCUT2D eigenvalue weighted by atomic mass is 9.77. The zero-order valence-electron chi connectivity index (χ0n) is 15.3. The minimum Gasteiger partial charge on any atom is -0.292 e. The first-order valence-corrected chi connectivity index (χ1v) is 9.46. The summed E-state index contributed by atoms with van der Waals surface area (Å²) in [5.41, 5.74) is 5.00. The van der Waals surface area contributed by atoms with Gasteiger partial charge in [0.25, 0.3) is 0 Å². The summed E-state index contributed by atoms with van der Waals surface area (Å²) in [5, 5.41) is 8.63. The smallest absolute Gasteiger partial charge is 0.181 e. The predicted octanol–water partition coefficient (Wildman–Crippen LogP) is 4.81. The van der Waals surface area contributed by atoms with E-state index in [1.165, 1.54) is 0 Å². The molecule has 5 rings (SSSR count). The molecule has 0 bridgehead atoms. The highest BCUT2D eigenvalue weighted by Crippen LogP contribution is 2.42. The van der Waals surface area contributed by atoms with Crippen molar-refractivity contribution in [3.63, 3.8) is 0 Å². The van der Waals surface area contributed by atoms with Crippen molar-refractivity contribution in [1.82, 2.24) is 15.0 Å².